The van der Waals surface area contributed by atoms with Crippen molar-refractivity contribution in [1.82, 2.24) is 0 Å². The van der Waals surface area contributed by atoms with E-state index >= 15 is 0 Å². The van der Waals surface area contributed by atoms with Crippen LogP contribution in [0, 0.1) is 0 Å². The largest absolute Gasteiger partial charge is 0.493 e. The van der Waals surface area contributed by atoms with E-state index in [9.17, 15) is 13.2 Å². The van der Waals surface area contributed by atoms with Gasteiger partial charge in [0.2, 0.25) is 0 Å². The molecule has 0 bridgehead atoms. The first-order valence-electron chi connectivity index (χ1n) is 13.6. The Labute approximate surface area is 215 Å². The van der Waals surface area contributed by atoms with E-state index in [1.165, 1.54) is 74.6 Å². The van der Waals surface area contributed by atoms with Crippen LogP contribution in [0.1, 0.15) is 87.0 Å². The van der Waals surface area contributed by atoms with Crippen LogP contribution >= 0.6 is 0 Å². The molecule has 0 N–H and O–H groups in total. The maximum Gasteiger partial charge on any atom is 0.416 e. The Morgan fingerprint density at radius 1 is 0.778 bits per heavy atom. The number of rotatable bonds is 14. The third-order valence-corrected chi connectivity index (χ3v) is 7.60. The van der Waals surface area contributed by atoms with Gasteiger partial charge in [0.15, 0.2) is 11.5 Å². The second-order valence-electron chi connectivity index (χ2n) is 10.4. The zero-order chi connectivity index (χ0) is 26.0. The van der Waals surface area contributed by atoms with Crippen molar-refractivity contribution in [3.63, 3.8) is 0 Å². The van der Waals surface area contributed by atoms with E-state index in [2.05, 4.69) is 19.1 Å². The fraction of sp³-hybridized carbons (Fsp3) is 0.600. The third kappa shape index (κ3) is 7.89. The second kappa shape index (κ2) is 13.4. The molecule has 0 saturated carbocycles. The van der Waals surface area contributed by atoms with Crippen molar-refractivity contribution in [2.45, 2.75) is 90.4 Å². The molecule has 1 unspecified atom stereocenters. The lowest BCUT2D eigenvalue weighted by Gasteiger charge is -2.43. The Morgan fingerprint density at radius 2 is 1.33 bits per heavy atom. The molecular formula is C30H43F3NO2+. The molecule has 3 rings (SSSR count). The van der Waals surface area contributed by atoms with Gasteiger partial charge in [0, 0.05) is 17.5 Å². The molecule has 1 aliphatic heterocycles. The van der Waals surface area contributed by atoms with Crippen LogP contribution in [0.15, 0.2) is 36.4 Å². The Balaban J connectivity index is 1.70. The van der Waals surface area contributed by atoms with Gasteiger partial charge in [-0.25, -0.2) is 0 Å². The molecule has 1 heterocycles. The summed E-state index contributed by atoms with van der Waals surface area (Å²) in [6, 6.07) is 9.92. The first-order valence-corrected chi connectivity index (χ1v) is 13.6. The average Bonchev–Trinajstić information content (AvgIpc) is 2.86. The zero-order valence-electron chi connectivity index (χ0n) is 22.3. The van der Waals surface area contributed by atoms with Crippen molar-refractivity contribution in [3.05, 3.63) is 58.7 Å². The average molecular weight is 507 g/mol. The summed E-state index contributed by atoms with van der Waals surface area (Å²) in [6.07, 6.45) is 8.13. The normalized spacial score (nSPS) is 17.6. The number of fused-ring (bicyclic) bond motifs is 1. The number of ether oxygens (including phenoxy) is 2. The molecule has 2 aromatic carbocycles. The van der Waals surface area contributed by atoms with Gasteiger partial charge >= 0.3 is 6.18 Å². The summed E-state index contributed by atoms with van der Waals surface area (Å²) in [5, 5.41) is 0. The summed E-state index contributed by atoms with van der Waals surface area (Å²) in [6.45, 7) is 5.84. The zero-order valence-corrected chi connectivity index (χ0v) is 22.3. The van der Waals surface area contributed by atoms with E-state index in [0.717, 1.165) is 60.6 Å². The minimum atomic E-state index is -4.30. The van der Waals surface area contributed by atoms with Gasteiger partial charge in [-0.1, -0.05) is 64.0 Å². The molecule has 36 heavy (non-hydrogen) atoms. The Morgan fingerprint density at radius 3 is 1.89 bits per heavy atom. The van der Waals surface area contributed by atoms with Crippen molar-refractivity contribution >= 4 is 0 Å². The molecule has 0 aromatic heterocycles. The van der Waals surface area contributed by atoms with Gasteiger partial charge in [-0.2, -0.15) is 13.2 Å². The topological polar surface area (TPSA) is 18.5 Å². The summed E-state index contributed by atoms with van der Waals surface area (Å²) in [4.78, 5) is 0. The predicted molar refractivity (Wildman–Crippen MR) is 139 cm³/mol. The van der Waals surface area contributed by atoms with Gasteiger partial charge in [0.1, 0.15) is 13.1 Å². The fourth-order valence-corrected chi connectivity index (χ4v) is 5.49. The fourth-order valence-electron chi connectivity index (χ4n) is 5.49. The molecule has 0 spiro atoms. The van der Waals surface area contributed by atoms with E-state index in [1.807, 2.05) is 0 Å². The lowest BCUT2D eigenvalue weighted by atomic mass is 9.95. The summed E-state index contributed by atoms with van der Waals surface area (Å²) in [7, 11) is 3.31. The van der Waals surface area contributed by atoms with E-state index in [4.69, 9.17) is 9.47 Å². The van der Waals surface area contributed by atoms with E-state index in [0.29, 0.717) is 0 Å². The Kier molecular flexibility index (Phi) is 10.5. The van der Waals surface area contributed by atoms with Gasteiger partial charge < -0.3 is 14.0 Å². The number of hydrogen-bond donors (Lipinski definition) is 0. The number of hydrogen-bond acceptors (Lipinski definition) is 2. The first kappa shape index (κ1) is 28.4. The van der Waals surface area contributed by atoms with Gasteiger partial charge in [0.25, 0.3) is 0 Å². The lowest BCUT2D eigenvalue weighted by Crippen LogP contribution is -2.51. The number of nitrogens with zero attached hydrogens (tertiary/aromatic N) is 1. The molecule has 200 valence electrons. The molecule has 1 atom stereocenters. The van der Waals surface area contributed by atoms with E-state index in [1.54, 1.807) is 26.4 Å². The minimum Gasteiger partial charge on any atom is -0.493 e. The van der Waals surface area contributed by atoms with Gasteiger partial charge in [-0.05, 0) is 42.7 Å². The standard InChI is InChI=1S/C30H43F3NO2/c1-4-5-6-7-8-9-10-11-12-18-34(22-24-13-15-27(16-14-24)30(31,32)33)19-17-25-20-28(35-2)29(36-3)21-26(25)23-34/h13-16,20-21H,4-12,17-19,22-23H2,1-3H3/q+1. The number of methoxy groups -OCH3 is 2. The highest BCUT2D eigenvalue weighted by Crippen LogP contribution is 2.37. The van der Waals surface area contributed by atoms with Crippen LogP contribution in [-0.4, -0.2) is 31.8 Å². The molecule has 1 aliphatic rings. The molecule has 0 fully saturated rings. The van der Waals surface area contributed by atoms with Crippen LogP contribution in [0.5, 0.6) is 11.5 Å². The number of quaternary nitrogens is 1. The van der Waals surface area contributed by atoms with Crippen LogP contribution in [-0.2, 0) is 25.7 Å². The van der Waals surface area contributed by atoms with Crippen LogP contribution < -0.4 is 9.47 Å². The summed E-state index contributed by atoms with van der Waals surface area (Å²) >= 11 is 0. The highest BCUT2D eigenvalue weighted by atomic mass is 19.4. The van der Waals surface area contributed by atoms with E-state index < -0.39 is 11.7 Å². The maximum atomic E-state index is 13.1. The molecular weight excluding hydrogens is 463 g/mol. The molecule has 2 aromatic rings. The highest BCUT2D eigenvalue weighted by molar-refractivity contribution is 5.47. The third-order valence-electron chi connectivity index (χ3n) is 7.60. The van der Waals surface area contributed by atoms with E-state index in [-0.39, 0.29) is 0 Å². The van der Waals surface area contributed by atoms with Crippen LogP contribution in [0.2, 0.25) is 0 Å². The molecule has 6 heteroatoms. The quantitative estimate of drug-likeness (QED) is 0.189. The van der Waals surface area contributed by atoms with Gasteiger partial charge in [0.05, 0.1) is 32.9 Å². The van der Waals surface area contributed by atoms with Crippen LogP contribution in [0.3, 0.4) is 0 Å². The Bertz CT molecular complexity index is 942. The molecule has 0 amide bonds. The molecule has 0 saturated heterocycles. The number of unbranched alkanes of at least 4 members (excludes halogenated alkanes) is 8. The molecule has 3 nitrogen and oxygen atoms in total. The van der Waals surface area contributed by atoms with Gasteiger partial charge in [-0.3, -0.25) is 0 Å². The SMILES string of the molecule is CCCCCCCCCCC[N+]1(Cc2ccc(C(F)(F)F)cc2)CCc2cc(OC)c(OC)cc2C1. The van der Waals surface area contributed by atoms with Crippen LogP contribution in [0.4, 0.5) is 13.2 Å². The van der Waals surface area contributed by atoms with Crippen LogP contribution in [0.25, 0.3) is 0 Å². The minimum absolute atomic E-state index is 0.586. The predicted octanol–water partition coefficient (Wildman–Crippen LogP) is 8.33. The van der Waals surface area contributed by atoms with Crippen molar-refractivity contribution in [1.29, 1.82) is 0 Å². The first-order chi connectivity index (χ1) is 17.3. The second-order valence-corrected chi connectivity index (χ2v) is 10.4. The summed E-state index contributed by atoms with van der Waals surface area (Å²) in [5.41, 5.74) is 2.91. The number of benzene rings is 2. The number of alkyl halides is 3. The smallest absolute Gasteiger partial charge is 0.416 e. The monoisotopic (exact) mass is 506 g/mol. The maximum absolute atomic E-state index is 13.1. The lowest BCUT2D eigenvalue weighted by molar-refractivity contribution is -0.955. The highest BCUT2D eigenvalue weighted by Gasteiger charge is 2.34. The molecule has 0 aliphatic carbocycles. The van der Waals surface area contributed by atoms with Crippen molar-refractivity contribution in [3.8, 4) is 11.5 Å². The summed E-state index contributed by atoms with van der Waals surface area (Å²) in [5.74, 6) is 1.48. The summed E-state index contributed by atoms with van der Waals surface area (Å²) < 4.78 is 51.2. The van der Waals surface area contributed by atoms with Crippen molar-refractivity contribution in [2.75, 3.05) is 27.3 Å². The number of halogens is 3. The van der Waals surface area contributed by atoms with Gasteiger partial charge in [-0.15, -0.1) is 0 Å². The molecule has 0 radical (unpaired) electrons. The Hall–Kier alpha value is -2.21. The van der Waals surface area contributed by atoms with Crippen molar-refractivity contribution < 1.29 is 27.1 Å². The van der Waals surface area contributed by atoms with Crippen molar-refractivity contribution in [2.24, 2.45) is 0 Å².